The van der Waals surface area contributed by atoms with Gasteiger partial charge in [-0.2, -0.15) is 4.39 Å². The van der Waals surface area contributed by atoms with Crippen molar-refractivity contribution in [2.24, 2.45) is 0 Å². The highest BCUT2D eigenvalue weighted by molar-refractivity contribution is 6.29. The molecule has 0 amide bonds. The molecule has 52 valence electrons. The van der Waals surface area contributed by atoms with Crippen LogP contribution in [-0.4, -0.2) is 11.0 Å². The average Bonchev–Trinajstić information content (AvgIpc) is 1.88. The first-order valence-electron chi connectivity index (χ1n) is 2.51. The van der Waals surface area contributed by atoms with Crippen molar-refractivity contribution >= 4 is 17.6 Å². The highest BCUT2D eigenvalue weighted by Gasteiger charge is 2.01. The Morgan fingerprint density at radius 3 is 2.70 bits per heavy atom. The van der Waals surface area contributed by atoms with Crippen molar-refractivity contribution in [1.29, 1.82) is 0 Å². The fraction of sp³-hybridized carbons (Fsp3) is 0. The topological polar surface area (TPSA) is 30.0 Å². The van der Waals surface area contributed by atoms with Gasteiger partial charge < -0.3 is 0 Å². The molecule has 0 aliphatic heterocycles. The van der Waals surface area contributed by atoms with Crippen LogP contribution < -0.4 is 0 Å². The van der Waals surface area contributed by atoms with Gasteiger partial charge in [-0.3, -0.25) is 4.79 Å². The Morgan fingerprint density at radius 2 is 2.30 bits per heavy atom. The summed E-state index contributed by atoms with van der Waals surface area (Å²) in [6.45, 7) is 0. The smallest absolute Gasteiger partial charge is 0.255 e. The normalized spacial score (nSPS) is 9.40. The van der Waals surface area contributed by atoms with Crippen LogP contribution in [-0.2, 0) is 0 Å². The molecule has 4 heteroatoms. The molecule has 1 heterocycles. The molecule has 0 saturated carbocycles. The maximum atomic E-state index is 11.8. The summed E-state index contributed by atoms with van der Waals surface area (Å²) < 4.78 is 11.8. The number of hydrogen-bond acceptors (Lipinski definition) is 2. The van der Waals surface area contributed by atoms with E-state index in [0.29, 0.717) is 0 Å². The second kappa shape index (κ2) is 2.75. The highest BCUT2D eigenvalue weighted by atomic mass is 35.5. The third-order valence-electron chi connectivity index (χ3n) is 0.954. The molecule has 0 aromatic carbocycles. The first-order valence-corrected chi connectivity index (χ1v) is 2.89. The van der Waals surface area contributed by atoms with Crippen LogP contribution in [0.25, 0.3) is 0 Å². The molecule has 1 aromatic heterocycles. The molecule has 10 heavy (non-hydrogen) atoms. The minimum absolute atomic E-state index is 0.0793. The molecule has 0 saturated heterocycles. The van der Waals surface area contributed by atoms with Gasteiger partial charge >= 0.3 is 6.04 Å². The van der Waals surface area contributed by atoms with Crippen molar-refractivity contribution in [3.8, 4) is 0 Å². The zero-order valence-electron chi connectivity index (χ0n) is 4.84. The fourth-order valence-corrected chi connectivity index (χ4v) is 0.604. The second-order valence-corrected chi connectivity index (χ2v) is 2.03. The van der Waals surface area contributed by atoms with Crippen LogP contribution in [0.5, 0.6) is 0 Å². The summed E-state index contributed by atoms with van der Waals surface area (Å²) in [7, 11) is 0. The third-order valence-corrected chi connectivity index (χ3v) is 1.18. The maximum absolute atomic E-state index is 11.8. The lowest BCUT2D eigenvalue weighted by atomic mass is 10.3. The first-order chi connectivity index (χ1) is 4.70. The molecule has 0 spiro atoms. The Labute approximate surface area is 61.6 Å². The van der Waals surface area contributed by atoms with Gasteiger partial charge in [0, 0.05) is 6.20 Å². The van der Waals surface area contributed by atoms with Crippen molar-refractivity contribution in [3.63, 3.8) is 0 Å². The van der Waals surface area contributed by atoms with Crippen molar-refractivity contribution in [2.75, 3.05) is 0 Å². The molecule has 0 fully saturated rings. The molecular formula is C6H3ClFNO. The van der Waals surface area contributed by atoms with E-state index in [1.54, 1.807) is 0 Å². The highest BCUT2D eigenvalue weighted by Crippen LogP contribution is 2.05. The lowest BCUT2D eigenvalue weighted by Crippen LogP contribution is -1.89. The second-order valence-electron chi connectivity index (χ2n) is 1.64. The van der Waals surface area contributed by atoms with Crippen LogP contribution in [0.1, 0.15) is 10.4 Å². The first kappa shape index (κ1) is 7.15. The van der Waals surface area contributed by atoms with Crippen LogP contribution in [0.3, 0.4) is 0 Å². The lowest BCUT2D eigenvalue weighted by Gasteiger charge is -1.89. The van der Waals surface area contributed by atoms with Crippen molar-refractivity contribution in [3.05, 3.63) is 29.0 Å². The summed E-state index contributed by atoms with van der Waals surface area (Å²) in [6.07, 6.45) is 1.09. The van der Waals surface area contributed by atoms with E-state index in [4.69, 9.17) is 11.6 Å². The number of nitrogens with zero attached hydrogens (tertiary/aromatic N) is 1. The summed E-state index contributed by atoms with van der Waals surface area (Å²) in [5.41, 5.74) is -0.0793. The third kappa shape index (κ3) is 1.51. The van der Waals surface area contributed by atoms with E-state index in [1.807, 2.05) is 0 Å². The van der Waals surface area contributed by atoms with Crippen molar-refractivity contribution < 1.29 is 9.18 Å². The summed E-state index contributed by atoms with van der Waals surface area (Å²) in [5, 5.41) is 0.241. The number of carbonyl (C=O) groups is 1. The van der Waals surface area contributed by atoms with Crippen LogP contribution in [0.4, 0.5) is 4.39 Å². The molecule has 0 aliphatic rings. The molecule has 1 rings (SSSR count). The molecule has 0 radical (unpaired) electrons. The molecule has 0 N–H and O–H groups in total. The predicted octanol–water partition coefficient (Wildman–Crippen LogP) is 1.84. The molecule has 0 aliphatic carbocycles. The number of pyridine rings is 1. The number of carbonyl (C=O) groups excluding carboxylic acids is 1. The van der Waals surface area contributed by atoms with E-state index in [1.165, 1.54) is 12.1 Å². The molecule has 2 nitrogen and oxygen atoms in total. The minimum atomic E-state index is -1.50. The van der Waals surface area contributed by atoms with E-state index >= 15 is 0 Å². The summed E-state index contributed by atoms with van der Waals surface area (Å²) in [5.74, 6) is 0. The van der Waals surface area contributed by atoms with Crippen LogP contribution in [0.2, 0.25) is 5.15 Å². The summed E-state index contributed by atoms with van der Waals surface area (Å²) in [4.78, 5) is 13.5. The number of aromatic nitrogens is 1. The fourth-order valence-electron chi connectivity index (χ4n) is 0.492. The van der Waals surface area contributed by atoms with E-state index < -0.39 is 6.04 Å². The number of hydrogen-bond donors (Lipinski definition) is 0. The Kier molecular flexibility index (Phi) is 1.97. The Balaban J connectivity index is 3.00. The molecular weight excluding hydrogens is 157 g/mol. The van der Waals surface area contributed by atoms with Gasteiger partial charge in [-0.25, -0.2) is 4.98 Å². The Morgan fingerprint density at radius 1 is 1.60 bits per heavy atom. The van der Waals surface area contributed by atoms with Gasteiger partial charge in [0.05, 0.1) is 5.56 Å². The van der Waals surface area contributed by atoms with Crippen LogP contribution in [0.15, 0.2) is 18.3 Å². The van der Waals surface area contributed by atoms with Gasteiger partial charge in [0.1, 0.15) is 5.15 Å². The number of halogens is 2. The van der Waals surface area contributed by atoms with Gasteiger partial charge in [0.25, 0.3) is 0 Å². The zero-order chi connectivity index (χ0) is 7.56. The van der Waals surface area contributed by atoms with E-state index in [-0.39, 0.29) is 10.7 Å². The van der Waals surface area contributed by atoms with E-state index in [0.717, 1.165) is 6.20 Å². The van der Waals surface area contributed by atoms with Gasteiger partial charge in [-0.1, -0.05) is 11.6 Å². The van der Waals surface area contributed by atoms with Gasteiger partial charge in [-0.15, -0.1) is 0 Å². The molecule has 0 bridgehead atoms. The Bertz CT molecular complexity index is 246. The van der Waals surface area contributed by atoms with Crippen LogP contribution in [0, 0.1) is 0 Å². The summed E-state index contributed by atoms with van der Waals surface area (Å²) in [6, 6.07) is 1.13. The quantitative estimate of drug-likeness (QED) is 0.462. The monoisotopic (exact) mass is 159 g/mol. The van der Waals surface area contributed by atoms with E-state index in [9.17, 15) is 9.18 Å². The van der Waals surface area contributed by atoms with Gasteiger partial charge in [-0.05, 0) is 12.1 Å². The lowest BCUT2D eigenvalue weighted by molar-refractivity contribution is 0.0835. The van der Waals surface area contributed by atoms with Gasteiger partial charge in [0.15, 0.2) is 0 Å². The van der Waals surface area contributed by atoms with Gasteiger partial charge in [0.2, 0.25) is 0 Å². The predicted molar refractivity (Wildman–Crippen MR) is 34.7 cm³/mol. The van der Waals surface area contributed by atoms with Crippen molar-refractivity contribution in [2.45, 2.75) is 0 Å². The SMILES string of the molecule is O=C(F)c1ccc(Cl)nc1. The summed E-state index contributed by atoms with van der Waals surface area (Å²) >= 11 is 5.37. The van der Waals surface area contributed by atoms with Crippen LogP contribution >= 0.6 is 11.6 Å². The molecule has 1 aromatic rings. The van der Waals surface area contributed by atoms with E-state index in [2.05, 4.69) is 4.98 Å². The molecule has 0 atom stereocenters. The maximum Gasteiger partial charge on any atom is 0.333 e. The largest absolute Gasteiger partial charge is 0.333 e. The Hall–Kier alpha value is -0.960. The standard InChI is InChI=1S/C6H3ClFNO/c7-5-2-1-4(3-9-5)6(8)10/h1-3H. The minimum Gasteiger partial charge on any atom is -0.255 e. The number of rotatable bonds is 1. The zero-order valence-corrected chi connectivity index (χ0v) is 5.60. The average molecular weight is 160 g/mol. The molecule has 0 unspecified atom stereocenters. The van der Waals surface area contributed by atoms with Crippen molar-refractivity contribution in [1.82, 2.24) is 4.98 Å².